The van der Waals surface area contributed by atoms with Gasteiger partial charge in [-0.1, -0.05) is 30.3 Å². The van der Waals surface area contributed by atoms with E-state index in [0.717, 1.165) is 5.56 Å². The molecule has 0 aliphatic carbocycles. The van der Waals surface area contributed by atoms with E-state index >= 15 is 0 Å². The number of hydroxylamine groups is 2. The van der Waals surface area contributed by atoms with E-state index in [4.69, 9.17) is 9.57 Å². The molecule has 0 saturated carbocycles. The SMILES string of the molecule is CCOC(=O)C[C@@H]1C(=O)Nc2cccc(C)c2[C@@H]2[C@H](S(=O)(=O)c3ccccc3)CON12. The lowest BCUT2D eigenvalue weighted by Crippen LogP contribution is -2.44. The van der Waals surface area contributed by atoms with Gasteiger partial charge in [-0.2, -0.15) is 5.06 Å². The van der Waals surface area contributed by atoms with Crippen LogP contribution in [0, 0.1) is 6.92 Å². The average molecular weight is 445 g/mol. The number of nitrogens with one attached hydrogen (secondary N) is 1. The molecular formula is C22H24N2O6S. The zero-order valence-corrected chi connectivity index (χ0v) is 18.1. The highest BCUT2D eigenvalue weighted by molar-refractivity contribution is 7.92. The molecule has 164 valence electrons. The van der Waals surface area contributed by atoms with Crippen LogP contribution in [0.1, 0.15) is 30.5 Å². The molecule has 31 heavy (non-hydrogen) atoms. The standard InChI is InChI=1S/C22H24N2O6S/c1-3-29-19(25)12-17-22(26)23-16-11-7-8-14(2)20(16)21-18(13-30-24(17)21)31(27,28)15-9-5-4-6-10-15/h4-11,17-18,21H,3,12-13H2,1-2H3,(H,23,26)/t17-,18-,21+/m1/s1. The van der Waals surface area contributed by atoms with E-state index in [1.807, 2.05) is 13.0 Å². The first-order valence-electron chi connectivity index (χ1n) is 10.1. The number of hydrogen-bond donors (Lipinski definition) is 1. The van der Waals surface area contributed by atoms with Crippen molar-refractivity contribution in [2.45, 2.75) is 42.5 Å². The molecule has 0 radical (unpaired) electrons. The Morgan fingerprint density at radius 3 is 2.65 bits per heavy atom. The number of sulfone groups is 1. The third-order valence-electron chi connectivity index (χ3n) is 5.64. The Kier molecular flexibility index (Phi) is 5.83. The Hall–Kier alpha value is -2.75. The van der Waals surface area contributed by atoms with Gasteiger partial charge in [-0.05, 0) is 43.2 Å². The third-order valence-corrected chi connectivity index (χ3v) is 7.76. The fourth-order valence-corrected chi connectivity index (χ4v) is 5.93. The highest BCUT2D eigenvalue weighted by atomic mass is 32.2. The van der Waals surface area contributed by atoms with Gasteiger partial charge in [0.1, 0.15) is 11.3 Å². The number of nitrogens with zero attached hydrogens (tertiary/aromatic N) is 1. The summed E-state index contributed by atoms with van der Waals surface area (Å²) in [5.74, 6) is -0.998. The van der Waals surface area contributed by atoms with Crippen molar-refractivity contribution in [3.63, 3.8) is 0 Å². The minimum Gasteiger partial charge on any atom is -0.466 e. The molecule has 8 nitrogen and oxygen atoms in total. The second-order valence-electron chi connectivity index (χ2n) is 7.55. The van der Waals surface area contributed by atoms with E-state index in [-0.39, 0.29) is 24.5 Å². The highest BCUT2D eigenvalue weighted by Gasteiger charge is 2.52. The predicted molar refractivity (Wildman–Crippen MR) is 113 cm³/mol. The summed E-state index contributed by atoms with van der Waals surface area (Å²) in [6.45, 7) is 3.60. The molecule has 0 unspecified atom stereocenters. The Balaban J connectivity index is 1.82. The van der Waals surface area contributed by atoms with Gasteiger partial charge in [0, 0.05) is 5.69 Å². The highest BCUT2D eigenvalue weighted by Crippen LogP contribution is 2.45. The second-order valence-corrected chi connectivity index (χ2v) is 9.71. The van der Waals surface area contributed by atoms with Crippen LogP contribution in [-0.4, -0.2) is 49.9 Å². The number of benzene rings is 2. The van der Waals surface area contributed by atoms with Crippen LogP contribution in [0.4, 0.5) is 5.69 Å². The van der Waals surface area contributed by atoms with Crippen molar-refractivity contribution in [2.75, 3.05) is 18.5 Å². The molecule has 1 amide bonds. The number of hydrogen-bond acceptors (Lipinski definition) is 7. The molecule has 2 aromatic rings. The normalized spacial score (nSPS) is 23.4. The average Bonchev–Trinajstić information content (AvgIpc) is 3.13. The van der Waals surface area contributed by atoms with Crippen LogP contribution in [-0.2, 0) is 29.0 Å². The van der Waals surface area contributed by atoms with Crippen molar-refractivity contribution >= 4 is 27.4 Å². The van der Waals surface area contributed by atoms with Crippen molar-refractivity contribution in [3.05, 3.63) is 59.7 Å². The van der Waals surface area contributed by atoms with Crippen LogP contribution in [0.25, 0.3) is 0 Å². The smallest absolute Gasteiger partial charge is 0.308 e. The molecule has 2 aromatic carbocycles. The summed E-state index contributed by atoms with van der Waals surface area (Å²) in [6, 6.07) is 11.8. The summed E-state index contributed by atoms with van der Waals surface area (Å²) in [5, 5.41) is 3.26. The monoisotopic (exact) mass is 444 g/mol. The minimum atomic E-state index is -3.79. The van der Waals surface area contributed by atoms with Crippen LogP contribution in [0.2, 0.25) is 0 Å². The molecular weight excluding hydrogens is 420 g/mol. The summed E-state index contributed by atoms with van der Waals surface area (Å²) < 4.78 is 32.1. The van der Waals surface area contributed by atoms with Crippen molar-refractivity contribution in [2.24, 2.45) is 0 Å². The number of carbonyl (C=O) groups is 2. The number of ether oxygens (including phenoxy) is 1. The zero-order chi connectivity index (χ0) is 22.2. The van der Waals surface area contributed by atoms with Crippen LogP contribution < -0.4 is 5.32 Å². The van der Waals surface area contributed by atoms with Crippen LogP contribution in [0.15, 0.2) is 53.4 Å². The van der Waals surface area contributed by atoms with Crippen LogP contribution in [0.3, 0.4) is 0 Å². The van der Waals surface area contributed by atoms with Gasteiger partial charge in [0.2, 0.25) is 5.91 Å². The zero-order valence-electron chi connectivity index (χ0n) is 17.3. The first-order chi connectivity index (χ1) is 14.8. The number of fused-ring (bicyclic) bond motifs is 3. The number of esters is 1. The van der Waals surface area contributed by atoms with Gasteiger partial charge >= 0.3 is 5.97 Å². The van der Waals surface area contributed by atoms with E-state index in [1.54, 1.807) is 49.4 Å². The summed E-state index contributed by atoms with van der Waals surface area (Å²) in [7, 11) is -3.79. The third kappa shape index (κ3) is 3.84. The second kappa shape index (κ2) is 8.41. The van der Waals surface area contributed by atoms with Crippen LogP contribution in [0.5, 0.6) is 0 Å². The molecule has 0 spiro atoms. The molecule has 1 saturated heterocycles. The summed E-state index contributed by atoms with van der Waals surface area (Å²) in [4.78, 5) is 31.2. The molecule has 0 aromatic heterocycles. The molecule has 2 aliphatic heterocycles. The first kappa shape index (κ1) is 21.5. The number of carbonyl (C=O) groups excluding carboxylic acids is 2. The van der Waals surface area contributed by atoms with Crippen molar-refractivity contribution < 1.29 is 27.6 Å². The van der Waals surface area contributed by atoms with Gasteiger partial charge in [0.15, 0.2) is 9.84 Å². The quantitative estimate of drug-likeness (QED) is 0.707. The predicted octanol–water partition coefficient (Wildman–Crippen LogP) is 2.40. The molecule has 1 N–H and O–H groups in total. The maximum absolute atomic E-state index is 13.5. The van der Waals surface area contributed by atoms with E-state index in [9.17, 15) is 18.0 Å². The van der Waals surface area contributed by atoms with Crippen LogP contribution >= 0.6 is 0 Å². The largest absolute Gasteiger partial charge is 0.466 e. The van der Waals surface area contributed by atoms with E-state index in [2.05, 4.69) is 5.32 Å². The Labute approximate surface area is 181 Å². The minimum absolute atomic E-state index is 0.123. The first-order valence-corrected chi connectivity index (χ1v) is 11.7. The number of aryl methyl sites for hydroxylation is 1. The van der Waals surface area contributed by atoms with Gasteiger partial charge in [0.25, 0.3) is 0 Å². The molecule has 3 atom stereocenters. The van der Waals surface area contributed by atoms with Gasteiger partial charge in [-0.3, -0.25) is 14.4 Å². The maximum Gasteiger partial charge on any atom is 0.308 e. The van der Waals surface area contributed by atoms with E-state index in [1.165, 1.54) is 5.06 Å². The summed E-state index contributed by atoms with van der Waals surface area (Å²) in [5.41, 5.74) is 2.01. The fourth-order valence-electron chi connectivity index (χ4n) is 4.21. The summed E-state index contributed by atoms with van der Waals surface area (Å²) in [6.07, 6.45) is -0.249. The lowest BCUT2D eigenvalue weighted by molar-refractivity contribution is -0.178. The maximum atomic E-state index is 13.5. The van der Waals surface area contributed by atoms with Crippen molar-refractivity contribution in [1.82, 2.24) is 5.06 Å². The lowest BCUT2D eigenvalue weighted by Gasteiger charge is -2.29. The molecule has 1 fully saturated rings. The molecule has 0 bridgehead atoms. The van der Waals surface area contributed by atoms with Crippen molar-refractivity contribution in [1.29, 1.82) is 0 Å². The van der Waals surface area contributed by atoms with E-state index < -0.39 is 39.0 Å². The van der Waals surface area contributed by atoms with Crippen molar-refractivity contribution in [3.8, 4) is 0 Å². The van der Waals surface area contributed by atoms with E-state index in [0.29, 0.717) is 11.3 Å². The molecule has 2 heterocycles. The fraction of sp³-hybridized carbons (Fsp3) is 0.364. The molecule has 2 aliphatic rings. The number of amides is 1. The topological polar surface area (TPSA) is 102 Å². The Morgan fingerprint density at radius 2 is 1.94 bits per heavy atom. The van der Waals surface area contributed by atoms with Gasteiger partial charge < -0.3 is 10.1 Å². The molecule has 4 rings (SSSR count). The molecule has 9 heteroatoms. The van der Waals surface area contributed by atoms with Gasteiger partial charge in [-0.25, -0.2) is 8.42 Å². The number of anilines is 1. The lowest BCUT2D eigenvalue weighted by atomic mass is 9.97. The van der Waals surface area contributed by atoms with Gasteiger partial charge in [-0.15, -0.1) is 0 Å². The summed E-state index contributed by atoms with van der Waals surface area (Å²) >= 11 is 0. The Morgan fingerprint density at radius 1 is 1.19 bits per heavy atom. The van der Waals surface area contributed by atoms with Gasteiger partial charge in [0.05, 0.1) is 30.6 Å². The Bertz CT molecular complexity index is 1100. The number of rotatable bonds is 5.